The molecule has 0 saturated carbocycles. The van der Waals surface area contributed by atoms with Crippen molar-refractivity contribution in [3.8, 4) is 0 Å². The Labute approximate surface area is 114 Å². The summed E-state index contributed by atoms with van der Waals surface area (Å²) >= 11 is 9.15. The summed E-state index contributed by atoms with van der Waals surface area (Å²) in [4.78, 5) is 2.02. The summed E-state index contributed by atoms with van der Waals surface area (Å²) in [5.74, 6) is 0.800. The molecule has 1 aromatic carbocycles. The maximum atomic E-state index is 5.70. The Bertz CT molecular complexity index is 501. The Morgan fingerprint density at radius 2 is 2.06 bits per heavy atom. The second-order valence-electron chi connectivity index (χ2n) is 3.70. The minimum absolute atomic E-state index is 0.407. The van der Waals surface area contributed by atoms with Crippen LogP contribution < -0.4 is 4.90 Å². The maximum Gasteiger partial charge on any atom is 0.151 e. The highest BCUT2D eigenvalue weighted by molar-refractivity contribution is 9.10. The topological polar surface area (TPSA) is 29.0 Å². The second-order valence-corrected chi connectivity index (χ2v) is 5.00. The molecule has 2 aromatic rings. The highest BCUT2D eigenvalue weighted by atomic mass is 79.9. The van der Waals surface area contributed by atoms with Crippen LogP contribution in [0, 0.1) is 0 Å². The monoisotopic (exact) mass is 311 g/mol. The van der Waals surface area contributed by atoms with Gasteiger partial charge in [0.25, 0.3) is 0 Å². The predicted octanol–water partition coefficient (Wildman–Crippen LogP) is 3.53. The van der Waals surface area contributed by atoms with Gasteiger partial charge in [0.05, 0.1) is 0 Å². The van der Waals surface area contributed by atoms with E-state index in [1.54, 1.807) is 6.07 Å². The zero-order valence-corrected chi connectivity index (χ0v) is 11.6. The molecule has 3 nitrogen and oxygen atoms in total. The van der Waals surface area contributed by atoms with Gasteiger partial charge in [0.2, 0.25) is 0 Å². The van der Waals surface area contributed by atoms with Crippen molar-refractivity contribution in [1.82, 2.24) is 10.2 Å². The molecule has 0 bridgehead atoms. The lowest BCUT2D eigenvalue weighted by molar-refractivity contribution is 0.866. The van der Waals surface area contributed by atoms with Crippen LogP contribution in [0.5, 0.6) is 0 Å². The van der Waals surface area contributed by atoms with Crippen molar-refractivity contribution < 1.29 is 0 Å². The lowest BCUT2D eigenvalue weighted by Gasteiger charge is -2.17. The summed E-state index contributed by atoms with van der Waals surface area (Å²) in [6.45, 7) is 0.774. The number of halogens is 2. The average molecular weight is 313 g/mol. The Morgan fingerprint density at radius 3 is 2.71 bits per heavy atom. The van der Waals surface area contributed by atoms with Crippen molar-refractivity contribution in [3.05, 3.63) is 51.6 Å². The van der Waals surface area contributed by atoms with E-state index in [4.69, 9.17) is 11.6 Å². The summed E-state index contributed by atoms with van der Waals surface area (Å²) in [6, 6.07) is 11.8. The van der Waals surface area contributed by atoms with Gasteiger partial charge in [-0.05, 0) is 29.8 Å². The van der Waals surface area contributed by atoms with E-state index in [-0.39, 0.29) is 0 Å². The van der Waals surface area contributed by atoms with Crippen molar-refractivity contribution >= 4 is 33.3 Å². The molecule has 1 aromatic heterocycles. The SMILES string of the molecule is CN(Cc1cccc(Br)c1)c1ccc(Cl)nn1. The third-order valence-corrected chi connectivity index (χ3v) is 3.01. The molecule has 0 saturated heterocycles. The molecular weight excluding hydrogens is 302 g/mol. The number of hydrogen-bond donors (Lipinski definition) is 0. The molecule has 0 spiro atoms. The first-order valence-corrected chi connectivity index (χ1v) is 6.27. The van der Waals surface area contributed by atoms with E-state index < -0.39 is 0 Å². The van der Waals surface area contributed by atoms with Gasteiger partial charge in [-0.15, -0.1) is 10.2 Å². The van der Waals surface area contributed by atoms with E-state index in [0.717, 1.165) is 16.8 Å². The third-order valence-electron chi connectivity index (χ3n) is 2.32. The Kier molecular flexibility index (Phi) is 3.97. The van der Waals surface area contributed by atoms with E-state index in [0.29, 0.717) is 5.15 Å². The van der Waals surface area contributed by atoms with Crippen LogP contribution in [0.2, 0.25) is 5.15 Å². The molecule has 0 atom stereocenters. The van der Waals surface area contributed by atoms with Gasteiger partial charge in [0.1, 0.15) is 0 Å². The molecule has 17 heavy (non-hydrogen) atoms. The van der Waals surface area contributed by atoms with Crippen molar-refractivity contribution in [2.75, 3.05) is 11.9 Å². The van der Waals surface area contributed by atoms with Crippen LogP contribution in [0.4, 0.5) is 5.82 Å². The van der Waals surface area contributed by atoms with Crippen molar-refractivity contribution in [2.45, 2.75) is 6.54 Å². The lowest BCUT2D eigenvalue weighted by atomic mass is 10.2. The third kappa shape index (κ3) is 3.41. The van der Waals surface area contributed by atoms with Crippen molar-refractivity contribution in [2.24, 2.45) is 0 Å². The van der Waals surface area contributed by atoms with Crippen molar-refractivity contribution in [1.29, 1.82) is 0 Å². The first-order chi connectivity index (χ1) is 8.15. The number of benzene rings is 1. The lowest BCUT2D eigenvalue weighted by Crippen LogP contribution is -2.17. The molecule has 0 aliphatic carbocycles. The largest absolute Gasteiger partial charge is 0.354 e. The molecule has 0 N–H and O–H groups in total. The number of hydrogen-bond acceptors (Lipinski definition) is 3. The van der Waals surface area contributed by atoms with Crippen LogP contribution in [0.15, 0.2) is 40.9 Å². The molecule has 0 unspecified atom stereocenters. The van der Waals surface area contributed by atoms with Gasteiger partial charge in [-0.1, -0.05) is 39.7 Å². The van der Waals surface area contributed by atoms with Crippen LogP contribution in [0.3, 0.4) is 0 Å². The van der Waals surface area contributed by atoms with Gasteiger partial charge in [-0.3, -0.25) is 0 Å². The smallest absolute Gasteiger partial charge is 0.151 e. The summed E-state index contributed by atoms with van der Waals surface area (Å²) in [5, 5.41) is 8.26. The highest BCUT2D eigenvalue weighted by Crippen LogP contribution is 2.16. The van der Waals surface area contributed by atoms with Crippen LogP contribution in [-0.4, -0.2) is 17.2 Å². The van der Waals surface area contributed by atoms with Gasteiger partial charge in [0, 0.05) is 18.1 Å². The van der Waals surface area contributed by atoms with Gasteiger partial charge in [-0.2, -0.15) is 0 Å². The zero-order chi connectivity index (χ0) is 12.3. The van der Waals surface area contributed by atoms with E-state index in [1.807, 2.05) is 30.1 Å². The fourth-order valence-corrected chi connectivity index (χ4v) is 2.05. The Morgan fingerprint density at radius 1 is 1.24 bits per heavy atom. The molecular formula is C12H11BrClN3. The minimum atomic E-state index is 0.407. The fraction of sp³-hybridized carbons (Fsp3) is 0.167. The molecule has 0 aliphatic rings. The average Bonchev–Trinajstić information content (AvgIpc) is 2.29. The van der Waals surface area contributed by atoms with E-state index in [1.165, 1.54) is 5.56 Å². The molecule has 2 rings (SSSR count). The fourth-order valence-electron chi connectivity index (χ4n) is 1.50. The molecule has 5 heteroatoms. The second kappa shape index (κ2) is 5.47. The van der Waals surface area contributed by atoms with Gasteiger partial charge < -0.3 is 4.90 Å². The van der Waals surface area contributed by atoms with Crippen LogP contribution in [-0.2, 0) is 6.54 Å². The summed E-state index contributed by atoms with van der Waals surface area (Å²) in [6.07, 6.45) is 0. The van der Waals surface area contributed by atoms with Gasteiger partial charge >= 0.3 is 0 Å². The minimum Gasteiger partial charge on any atom is -0.354 e. The van der Waals surface area contributed by atoms with Crippen LogP contribution in [0.1, 0.15) is 5.56 Å². The van der Waals surface area contributed by atoms with Crippen LogP contribution >= 0.6 is 27.5 Å². The van der Waals surface area contributed by atoms with Crippen molar-refractivity contribution in [3.63, 3.8) is 0 Å². The maximum absolute atomic E-state index is 5.70. The molecule has 0 amide bonds. The van der Waals surface area contributed by atoms with E-state index in [2.05, 4.69) is 38.3 Å². The first kappa shape index (κ1) is 12.3. The molecule has 0 radical (unpaired) electrons. The predicted molar refractivity (Wildman–Crippen MR) is 73.3 cm³/mol. The standard InChI is InChI=1S/C12H11BrClN3/c1-17(12-6-5-11(14)15-16-12)8-9-3-2-4-10(13)7-9/h2-7H,8H2,1H3. The number of aromatic nitrogens is 2. The number of anilines is 1. The normalized spacial score (nSPS) is 10.3. The first-order valence-electron chi connectivity index (χ1n) is 5.10. The quantitative estimate of drug-likeness (QED) is 0.868. The number of nitrogens with zero attached hydrogens (tertiary/aromatic N) is 3. The Hall–Kier alpha value is -1.13. The number of rotatable bonds is 3. The summed E-state index contributed by atoms with van der Waals surface area (Å²) in [7, 11) is 1.97. The summed E-state index contributed by atoms with van der Waals surface area (Å²) < 4.78 is 1.07. The van der Waals surface area contributed by atoms with E-state index in [9.17, 15) is 0 Å². The zero-order valence-electron chi connectivity index (χ0n) is 9.27. The molecule has 88 valence electrons. The van der Waals surface area contributed by atoms with Crippen LogP contribution in [0.25, 0.3) is 0 Å². The van der Waals surface area contributed by atoms with E-state index >= 15 is 0 Å². The Balaban J connectivity index is 2.11. The molecule has 0 aliphatic heterocycles. The molecule has 1 heterocycles. The molecule has 0 fully saturated rings. The van der Waals surface area contributed by atoms with Gasteiger partial charge in [0.15, 0.2) is 11.0 Å². The summed E-state index contributed by atoms with van der Waals surface area (Å²) in [5.41, 5.74) is 1.21. The highest BCUT2D eigenvalue weighted by Gasteiger charge is 2.04. The van der Waals surface area contributed by atoms with Gasteiger partial charge in [-0.25, -0.2) is 0 Å².